The fourth-order valence-corrected chi connectivity index (χ4v) is 6.79. The van der Waals surface area contributed by atoms with Crippen molar-refractivity contribution < 1.29 is 23.9 Å². The van der Waals surface area contributed by atoms with Crippen molar-refractivity contribution in [2.24, 2.45) is 0 Å². The summed E-state index contributed by atoms with van der Waals surface area (Å²) in [7, 11) is 3.29. The second-order valence-electron chi connectivity index (χ2n) is 12.8. The number of carbonyl (C=O) groups is 4. The first-order valence-corrected chi connectivity index (χ1v) is 16.6. The molecule has 0 aromatic heterocycles. The number of cyclic esters (lactones) is 1. The fraction of sp³-hybridized carbons (Fsp3) is 0.368. The molecule has 48 heavy (non-hydrogen) atoms. The van der Waals surface area contributed by atoms with Gasteiger partial charge in [0.1, 0.15) is 18.7 Å². The van der Waals surface area contributed by atoms with Crippen molar-refractivity contribution in [2.75, 3.05) is 53.4 Å². The SMILES string of the molecule is CN(C)C(=O)C[C@@H](C(=O)N1CCN(CCc2ccccc2)CC1)N1C(=O)[C@@H](N2C(=O)OC[C@@H]2c2ccccc2)[C@H]1/C=C/c1ccccc1. The number of piperazine rings is 1. The summed E-state index contributed by atoms with van der Waals surface area (Å²) >= 11 is 0. The van der Waals surface area contributed by atoms with Gasteiger partial charge in [-0.1, -0.05) is 103 Å². The van der Waals surface area contributed by atoms with Crippen molar-refractivity contribution in [1.29, 1.82) is 0 Å². The Bertz CT molecular complexity index is 1610. The van der Waals surface area contributed by atoms with Crippen LogP contribution in [0.5, 0.6) is 0 Å². The van der Waals surface area contributed by atoms with Gasteiger partial charge < -0.3 is 19.4 Å². The predicted octanol–water partition coefficient (Wildman–Crippen LogP) is 3.71. The van der Waals surface area contributed by atoms with Crippen LogP contribution in [-0.4, -0.2) is 120 Å². The Hall–Kier alpha value is -4.96. The van der Waals surface area contributed by atoms with E-state index in [9.17, 15) is 19.2 Å². The molecule has 0 spiro atoms. The lowest BCUT2D eigenvalue weighted by Gasteiger charge is -2.53. The molecule has 10 nitrogen and oxygen atoms in total. The van der Waals surface area contributed by atoms with E-state index < -0.39 is 30.3 Å². The highest BCUT2D eigenvalue weighted by Gasteiger charge is 2.58. The van der Waals surface area contributed by atoms with Crippen LogP contribution in [0.4, 0.5) is 4.79 Å². The molecule has 3 saturated heterocycles. The first-order chi connectivity index (χ1) is 23.3. The lowest BCUT2D eigenvalue weighted by atomic mass is 9.87. The molecule has 0 bridgehead atoms. The van der Waals surface area contributed by atoms with Gasteiger partial charge in [0.05, 0.1) is 18.5 Å². The number of amides is 4. The van der Waals surface area contributed by atoms with Crippen molar-refractivity contribution >= 4 is 29.9 Å². The molecule has 3 fully saturated rings. The largest absolute Gasteiger partial charge is 0.447 e. The maximum atomic E-state index is 14.3. The van der Waals surface area contributed by atoms with Crippen molar-refractivity contribution in [2.45, 2.75) is 37.0 Å². The average molecular weight is 650 g/mol. The fourth-order valence-electron chi connectivity index (χ4n) is 6.79. The summed E-state index contributed by atoms with van der Waals surface area (Å²) in [6, 6.07) is 26.5. The normalized spacial score (nSPS) is 22.0. The minimum Gasteiger partial charge on any atom is -0.447 e. The number of hydrogen-bond acceptors (Lipinski definition) is 6. The van der Waals surface area contributed by atoms with Crippen LogP contribution in [0.1, 0.15) is 29.2 Å². The molecule has 3 aliphatic heterocycles. The molecule has 0 radical (unpaired) electrons. The first-order valence-electron chi connectivity index (χ1n) is 16.6. The van der Waals surface area contributed by atoms with Gasteiger partial charge in [0, 0.05) is 46.8 Å². The van der Waals surface area contributed by atoms with Gasteiger partial charge in [-0.25, -0.2) is 4.79 Å². The summed E-state index contributed by atoms with van der Waals surface area (Å²) in [6.45, 7) is 3.44. The van der Waals surface area contributed by atoms with Crippen molar-refractivity contribution in [3.63, 3.8) is 0 Å². The van der Waals surface area contributed by atoms with Gasteiger partial charge in [-0.2, -0.15) is 0 Å². The summed E-state index contributed by atoms with van der Waals surface area (Å²) in [4.78, 5) is 63.6. The Labute approximate surface area is 282 Å². The Morgan fingerprint density at radius 2 is 1.50 bits per heavy atom. The molecule has 3 aliphatic rings. The summed E-state index contributed by atoms with van der Waals surface area (Å²) in [5.74, 6) is -0.870. The van der Waals surface area contributed by atoms with Gasteiger partial charge in [-0.3, -0.25) is 24.2 Å². The second-order valence-corrected chi connectivity index (χ2v) is 12.8. The molecule has 0 unspecified atom stereocenters. The van der Waals surface area contributed by atoms with Gasteiger partial charge in [-0.15, -0.1) is 0 Å². The van der Waals surface area contributed by atoms with Gasteiger partial charge in [0.25, 0.3) is 0 Å². The van der Waals surface area contributed by atoms with Gasteiger partial charge >= 0.3 is 6.09 Å². The quantitative estimate of drug-likeness (QED) is 0.294. The van der Waals surface area contributed by atoms with Crippen molar-refractivity contribution in [3.05, 3.63) is 114 Å². The molecular weight excluding hydrogens is 606 g/mol. The van der Waals surface area contributed by atoms with Crippen LogP contribution >= 0.6 is 0 Å². The number of hydrogen-bond donors (Lipinski definition) is 0. The van der Waals surface area contributed by atoms with Gasteiger partial charge in [-0.05, 0) is 23.1 Å². The third-order valence-corrected chi connectivity index (χ3v) is 9.56. The zero-order valence-electron chi connectivity index (χ0n) is 27.6. The molecule has 4 atom stereocenters. The number of nitrogens with zero attached hydrogens (tertiary/aromatic N) is 5. The number of β-lactam (4-membered cyclic amide) rings is 1. The molecule has 3 aromatic carbocycles. The number of rotatable bonds is 11. The minimum atomic E-state index is -1.02. The van der Waals surface area contributed by atoms with Crippen LogP contribution in [0.3, 0.4) is 0 Å². The zero-order chi connectivity index (χ0) is 33.6. The lowest BCUT2D eigenvalue weighted by molar-refractivity contribution is -0.167. The maximum Gasteiger partial charge on any atom is 0.411 e. The Morgan fingerprint density at radius 3 is 2.15 bits per heavy atom. The van der Waals surface area contributed by atoms with Crippen LogP contribution in [0.25, 0.3) is 6.08 Å². The molecule has 10 heteroatoms. The number of likely N-dealkylation sites (tertiary alicyclic amines) is 1. The van der Waals surface area contributed by atoms with Crippen LogP contribution in [0.2, 0.25) is 0 Å². The molecule has 0 N–H and O–H groups in total. The number of benzene rings is 3. The van der Waals surface area contributed by atoms with E-state index in [0.717, 1.165) is 24.1 Å². The van der Waals surface area contributed by atoms with E-state index in [2.05, 4.69) is 17.0 Å². The molecule has 6 rings (SSSR count). The summed E-state index contributed by atoms with van der Waals surface area (Å²) in [6.07, 6.45) is 3.98. The molecule has 3 aromatic rings. The zero-order valence-corrected chi connectivity index (χ0v) is 27.6. The van der Waals surface area contributed by atoms with Crippen LogP contribution < -0.4 is 0 Å². The highest BCUT2D eigenvalue weighted by molar-refractivity contribution is 5.99. The molecular formula is C38H43N5O5. The molecule has 0 saturated carbocycles. The second kappa shape index (κ2) is 14.9. The Kier molecular flexibility index (Phi) is 10.2. The topological polar surface area (TPSA) is 93.7 Å². The van der Waals surface area contributed by atoms with E-state index in [1.54, 1.807) is 19.0 Å². The van der Waals surface area contributed by atoms with Crippen LogP contribution in [0, 0.1) is 0 Å². The van der Waals surface area contributed by atoms with E-state index in [-0.39, 0.29) is 30.7 Å². The molecule has 0 aliphatic carbocycles. The lowest BCUT2D eigenvalue weighted by Crippen LogP contribution is -2.74. The summed E-state index contributed by atoms with van der Waals surface area (Å²) in [5, 5.41) is 0. The van der Waals surface area contributed by atoms with Gasteiger partial charge in [0.2, 0.25) is 17.7 Å². The molecule has 250 valence electrons. The third-order valence-electron chi connectivity index (χ3n) is 9.56. The highest BCUT2D eigenvalue weighted by atomic mass is 16.6. The smallest absolute Gasteiger partial charge is 0.411 e. The van der Waals surface area contributed by atoms with Crippen molar-refractivity contribution in [3.8, 4) is 0 Å². The monoisotopic (exact) mass is 649 g/mol. The third kappa shape index (κ3) is 7.13. The standard InChI is InChI=1S/C38H43N5O5/c1-39(2)34(44)26-32(36(45)41-24-22-40(23-25-41)21-20-29-14-8-4-9-15-29)42-31(19-18-28-12-6-3-7-13-28)35(37(42)46)43-33(27-48-38(43)47)30-16-10-5-11-17-30/h3-19,31-33,35H,20-27H2,1-2H3/b19-18+/t31-,32+,33-,35+/m1/s1. The van der Waals surface area contributed by atoms with E-state index in [4.69, 9.17) is 4.74 Å². The van der Waals surface area contributed by atoms with Gasteiger partial charge in [0.15, 0.2) is 0 Å². The van der Waals surface area contributed by atoms with E-state index in [1.165, 1.54) is 20.3 Å². The van der Waals surface area contributed by atoms with Crippen molar-refractivity contribution in [1.82, 2.24) is 24.5 Å². The molecule has 3 heterocycles. The predicted molar refractivity (Wildman–Crippen MR) is 183 cm³/mol. The Morgan fingerprint density at radius 1 is 0.875 bits per heavy atom. The first kappa shape index (κ1) is 33.0. The van der Waals surface area contributed by atoms with E-state index >= 15 is 0 Å². The minimum absolute atomic E-state index is 0.123. The van der Waals surface area contributed by atoms with Crippen LogP contribution in [0.15, 0.2) is 97.1 Å². The summed E-state index contributed by atoms with van der Waals surface area (Å²) < 4.78 is 5.49. The van der Waals surface area contributed by atoms with E-state index in [0.29, 0.717) is 26.2 Å². The Balaban J connectivity index is 1.25. The average Bonchev–Trinajstić information content (AvgIpc) is 3.49. The van der Waals surface area contributed by atoms with Crippen LogP contribution in [-0.2, 0) is 25.5 Å². The highest BCUT2D eigenvalue weighted by Crippen LogP contribution is 2.39. The molecule has 4 amide bonds. The summed E-state index contributed by atoms with van der Waals surface area (Å²) in [5.41, 5.74) is 3.05. The number of ether oxygens (including phenoxy) is 1. The van der Waals surface area contributed by atoms with E-state index in [1.807, 2.05) is 91.0 Å². The maximum absolute atomic E-state index is 14.3. The number of carbonyl (C=O) groups excluding carboxylic acids is 4.